The third-order valence-electron chi connectivity index (χ3n) is 6.91. The molecule has 1 unspecified atom stereocenters. The van der Waals surface area contributed by atoms with Crippen molar-refractivity contribution in [2.45, 2.75) is 168 Å². The van der Waals surface area contributed by atoms with Gasteiger partial charge in [-0.1, -0.05) is 149 Å². The summed E-state index contributed by atoms with van der Waals surface area (Å²) < 4.78 is 15.6. The van der Waals surface area contributed by atoms with Crippen LogP contribution in [0.15, 0.2) is 0 Å². The van der Waals surface area contributed by atoms with Gasteiger partial charge in [0.15, 0.2) is 0 Å². The Bertz CT molecular complexity index is 408. The molecule has 0 aliphatic carbocycles. The zero-order valence-corrected chi connectivity index (χ0v) is 25.5. The lowest BCUT2D eigenvalue weighted by Crippen LogP contribution is -2.79. The van der Waals surface area contributed by atoms with Crippen molar-refractivity contribution >= 4 is 7.60 Å². The second-order valence-electron chi connectivity index (χ2n) is 10.5. The van der Waals surface area contributed by atoms with Gasteiger partial charge in [0.1, 0.15) is 7.60 Å². The highest BCUT2D eigenvalue weighted by atomic mass is 31.2. The van der Waals surface area contributed by atoms with E-state index >= 15 is 0 Å². The summed E-state index contributed by atoms with van der Waals surface area (Å²) in [4.78, 5) is 11.1. The van der Waals surface area contributed by atoms with Crippen molar-refractivity contribution in [2.75, 3.05) is 26.9 Å². The maximum atomic E-state index is 11.1. The summed E-state index contributed by atoms with van der Waals surface area (Å²) in [5.41, 5.74) is 0. The molecule has 0 saturated heterocycles. The first kappa shape index (κ1) is 37.3. The molecule has 0 fully saturated rings. The molecule has 0 radical (unpaired) electrons. The van der Waals surface area contributed by atoms with E-state index in [-0.39, 0.29) is 6.16 Å². The third-order valence-corrected chi connectivity index (χ3v) is 8.33. The maximum absolute atomic E-state index is 11.1. The number of unbranched alkanes of at least 4 members (excludes halogenated alkanes) is 22. The standard InChI is InChI=1S/C17H37O3P.C13H29N/c1-3-4-5-6-7-8-9-10-11-12-13-14-15-16-17-21(18,19)20-2;1-3-4-5-6-7-8-9-10-11-12-13-14-2/h3-17H2,1-2H3,(H,18,19);14H,3-13H2,1-2H3. The van der Waals surface area contributed by atoms with Crippen molar-refractivity contribution < 1.29 is 19.3 Å². The lowest BCUT2D eigenvalue weighted by atomic mass is 10.0. The van der Waals surface area contributed by atoms with Crippen LogP contribution in [0.5, 0.6) is 0 Å². The Balaban J connectivity index is 0. The SMILES string of the molecule is CCCCCCCCCCCCCCCCP(=O)([O-])OC.CCCCCCCCCCCC[NH2+]C. The monoisotopic (exact) mass is 519 g/mol. The molecule has 0 bridgehead atoms. The van der Waals surface area contributed by atoms with Crippen LogP contribution in [0.2, 0.25) is 0 Å². The maximum Gasteiger partial charge on any atom is 0.134 e. The molecule has 0 aromatic carbocycles. The van der Waals surface area contributed by atoms with Crippen LogP contribution in [0.4, 0.5) is 0 Å². The Hall–Kier alpha value is 0.110. The fourth-order valence-corrected chi connectivity index (χ4v) is 5.22. The van der Waals surface area contributed by atoms with E-state index in [2.05, 4.69) is 30.7 Å². The zero-order chi connectivity index (χ0) is 26.3. The van der Waals surface area contributed by atoms with Crippen molar-refractivity contribution in [2.24, 2.45) is 0 Å². The molecule has 0 aromatic rings. The van der Waals surface area contributed by atoms with Gasteiger partial charge in [0, 0.05) is 13.3 Å². The fraction of sp³-hybridized carbons (Fsp3) is 1.00. The summed E-state index contributed by atoms with van der Waals surface area (Å²) in [6, 6.07) is 0. The Kier molecular flexibility index (Phi) is 34.2. The van der Waals surface area contributed by atoms with Gasteiger partial charge in [-0.15, -0.1) is 0 Å². The van der Waals surface area contributed by atoms with Crippen LogP contribution in [0.25, 0.3) is 0 Å². The second-order valence-corrected chi connectivity index (χ2v) is 12.5. The van der Waals surface area contributed by atoms with Crippen LogP contribution in [0, 0.1) is 0 Å². The van der Waals surface area contributed by atoms with E-state index in [1.54, 1.807) is 0 Å². The Morgan fingerprint density at radius 1 is 0.543 bits per heavy atom. The van der Waals surface area contributed by atoms with Crippen LogP contribution in [0.3, 0.4) is 0 Å². The minimum Gasteiger partial charge on any atom is -0.779 e. The van der Waals surface area contributed by atoms with Gasteiger partial charge in [-0.05, 0) is 19.3 Å². The van der Waals surface area contributed by atoms with Gasteiger partial charge in [-0.2, -0.15) is 0 Å². The van der Waals surface area contributed by atoms with Crippen molar-refractivity contribution in [3.05, 3.63) is 0 Å². The molecule has 0 aliphatic rings. The van der Waals surface area contributed by atoms with E-state index in [0.717, 1.165) is 19.3 Å². The highest BCUT2D eigenvalue weighted by Gasteiger charge is 2.04. The van der Waals surface area contributed by atoms with Gasteiger partial charge < -0.3 is 19.3 Å². The highest BCUT2D eigenvalue weighted by Crippen LogP contribution is 2.36. The highest BCUT2D eigenvalue weighted by molar-refractivity contribution is 7.51. The van der Waals surface area contributed by atoms with E-state index in [0.29, 0.717) is 0 Å². The molecule has 0 rings (SSSR count). The minimum atomic E-state index is -3.51. The van der Waals surface area contributed by atoms with Crippen molar-refractivity contribution in [1.82, 2.24) is 0 Å². The van der Waals surface area contributed by atoms with Crippen molar-refractivity contribution in [3.63, 3.8) is 0 Å². The van der Waals surface area contributed by atoms with Gasteiger partial charge in [-0.3, -0.25) is 0 Å². The average molecular weight is 520 g/mol. The summed E-state index contributed by atoms with van der Waals surface area (Å²) in [7, 11) is -0.0999. The largest absolute Gasteiger partial charge is 0.779 e. The fourth-order valence-electron chi connectivity index (χ4n) is 4.43. The van der Waals surface area contributed by atoms with E-state index in [1.165, 1.54) is 148 Å². The molecule has 1 atom stereocenters. The zero-order valence-electron chi connectivity index (χ0n) is 24.6. The third kappa shape index (κ3) is 36.3. The first-order valence-electron chi connectivity index (χ1n) is 15.7. The Labute approximate surface area is 221 Å². The lowest BCUT2D eigenvalue weighted by molar-refractivity contribution is -0.627. The van der Waals surface area contributed by atoms with E-state index in [4.69, 9.17) is 0 Å². The van der Waals surface area contributed by atoms with Gasteiger partial charge in [0.25, 0.3) is 0 Å². The van der Waals surface area contributed by atoms with Gasteiger partial charge in [0.2, 0.25) is 0 Å². The molecule has 214 valence electrons. The van der Waals surface area contributed by atoms with Gasteiger partial charge in [-0.25, -0.2) is 0 Å². The Morgan fingerprint density at radius 2 is 0.829 bits per heavy atom. The smallest absolute Gasteiger partial charge is 0.134 e. The molecular weight excluding hydrogens is 453 g/mol. The van der Waals surface area contributed by atoms with E-state index in [9.17, 15) is 9.46 Å². The van der Waals surface area contributed by atoms with Crippen molar-refractivity contribution in [1.29, 1.82) is 0 Å². The summed E-state index contributed by atoms with van der Waals surface area (Å²) >= 11 is 0. The van der Waals surface area contributed by atoms with Crippen LogP contribution >= 0.6 is 7.60 Å². The predicted octanol–water partition coefficient (Wildman–Crippen LogP) is 8.77. The molecule has 0 spiro atoms. The molecule has 0 amide bonds. The normalized spacial score (nSPS) is 12.8. The summed E-state index contributed by atoms with van der Waals surface area (Å²) in [5.74, 6) is 0. The first-order valence-corrected chi connectivity index (χ1v) is 17.4. The van der Waals surface area contributed by atoms with E-state index < -0.39 is 7.60 Å². The van der Waals surface area contributed by atoms with Crippen LogP contribution in [-0.2, 0) is 9.09 Å². The van der Waals surface area contributed by atoms with Gasteiger partial charge in [0.05, 0.1) is 13.6 Å². The molecule has 5 heteroatoms. The average Bonchev–Trinajstić information content (AvgIpc) is 2.86. The summed E-state index contributed by atoms with van der Waals surface area (Å²) in [6.07, 6.45) is 32.6. The number of hydrogen-bond donors (Lipinski definition) is 1. The molecule has 0 aromatic heterocycles. The number of nitrogens with two attached hydrogens (primary N) is 1. The predicted molar refractivity (Wildman–Crippen MR) is 154 cm³/mol. The molecule has 2 N–H and O–H groups in total. The molecule has 35 heavy (non-hydrogen) atoms. The number of quaternary nitrogens is 1. The Morgan fingerprint density at radius 3 is 1.11 bits per heavy atom. The topological polar surface area (TPSA) is 66.0 Å². The van der Waals surface area contributed by atoms with Crippen molar-refractivity contribution in [3.8, 4) is 0 Å². The number of rotatable bonds is 27. The molecule has 0 aliphatic heterocycles. The van der Waals surface area contributed by atoms with Crippen LogP contribution < -0.4 is 10.2 Å². The summed E-state index contributed by atoms with van der Waals surface area (Å²) in [5, 5.41) is 2.28. The lowest BCUT2D eigenvalue weighted by Gasteiger charge is -2.20. The first-order chi connectivity index (χ1) is 17.0. The van der Waals surface area contributed by atoms with Gasteiger partial charge >= 0.3 is 0 Å². The van der Waals surface area contributed by atoms with Crippen LogP contribution in [-0.4, -0.2) is 26.9 Å². The molecule has 0 saturated carbocycles. The quantitative estimate of drug-likeness (QED) is 0.0871. The van der Waals surface area contributed by atoms with Crippen LogP contribution in [0.1, 0.15) is 168 Å². The second kappa shape index (κ2) is 32.1. The number of hydrogen-bond acceptors (Lipinski definition) is 3. The molecular formula is C30H66NO3P. The molecule has 4 nitrogen and oxygen atoms in total. The summed E-state index contributed by atoms with van der Waals surface area (Å²) in [6.45, 7) is 5.86. The minimum absolute atomic E-state index is 0.196. The van der Waals surface area contributed by atoms with E-state index in [1.807, 2.05) is 0 Å². The molecule has 0 heterocycles.